The highest BCUT2D eigenvalue weighted by Crippen LogP contribution is 2.24. The lowest BCUT2D eigenvalue weighted by molar-refractivity contribution is 0.0599. The Labute approximate surface area is 141 Å². The van der Waals surface area contributed by atoms with Crippen LogP contribution in [0.1, 0.15) is 21.7 Å². The highest BCUT2D eigenvalue weighted by atomic mass is 32.2. The molecule has 6 nitrogen and oxygen atoms in total. The summed E-state index contributed by atoms with van der Waals surface area (Å²) in [6.07, 6.45) is 3.21. The molecule has 0 atom stereocenters. The molecule has 24 heavy (non-hydrogen) atoms. The van der Waals surface area contributed by atoms with Gasteiger partial charge in [-0.25, -0.2) is 9.18 Å². The number of benzene rings is 1. The maximum Gasteiger partial charge on any atom is 0.338 e. The number of furan rings is 1. The van der Waals surface area contributed by atoms with E-state index in [0.717, 1.165) is 5.76 Å². The molecule has 0 spiro atoms. The summed E-state index contributed by atoms with van der Waals surface area (Å²) in [5.41, 5.74) is 0.878. The molecule has 0 amide bonds. The van der Waals surface area contributed by atoms with Gasteiger partial charge in [0.25, 0.3) is 0 Å². The van der Waals surface area contributed by atoms with Gasteiger partial charge in [-0.05, 0) is 29.8 Å². The molecule has 0 aliphatic carbocycles. The molecule has 0 fully saturated rings. The van der Waals surface area contributed by atoms with Crippen molar-refractivity contribution in [3.63, 3.8) is 0 Å². The van der Waals surface area contributed by atoms with Gasteiger partial charge >= 0.3 is 5.97 Å². The highest BCUT2D eigenvalue weighted by Gasteiger charge is 2.15. The standard InChI is InChI=1S/C16H14FN3O3S/c1-22-15(21)14-7-12(17)5-4-11(14)9-24-16-19-18-10-20(16)8-13-3-2-6-23-13/h2-7,10H,8-9H2,1H3. The summed E-state index contributed by atoms with van der Waals surface area (Å²) in [5, 5.41) is 8.64. The van der Waals surface area contributed by atoms with Crippen LogP contribution in [-0.4, -0.2) is 27.8 Å². The van der Waals surface area contributed by atoms with Gasteiger partial charge in [0.05, 0.1) is 25.5 Å². The number of nitrogens with zero attached hydrogens (tertiary/aromatic N) is 3. The number of methoxy groups -OCH3 is 1. The summed E-state index contributed by atoms with van der Waals surface area (Å²) in [7, 11) is 1.27. The lowest BCUT2D eigenvalue weighted by Gasteiger charge is -2.08. The number of carbonyl (C=O) groups is 1. The summed E-state index contributed by atoms with van der Waals surface area (Å²) in [6, 6.07) is 7.74. The normalized spacial score (nSPS) is 10.8. The van der Waals surface area contributed by atoms with Crippen molar-refractivity contribution in [1.82, 2.24) is 14.8 Å². The first kappa shape index (κ1) is 16.3. The number of ether oxygens (including phenoxy) is 1. The van der Waals surface area contributed by atoms with E-state index in [9.17, 15) is 9.18 Å². The van der Waals surface area contributed by atoms with Crippen molar-refractivity contribution in [3.8, 4) is 0 Å². The van der Waals surface area contributed by atoms with Gasteiger partial charge < -0.3 is 13.7 Å². The molecule has 0 saturated carbocycles. The molecule has 2 aromatic heterocycles. The Morgan fingerprint density at radius 3 is 3.04 bits per heavy atom. The summed E-state index contributed by atoms with van der Waals surface area (Å²) >= 11 is 1.39. The number of thioether (sulfide) groups is 1. The molecule has 3 aromatic rings. The van der Waals surface area contributed by atoms with Crippen molar-refractivity contribution >= 4 is 17.7 Å². The van der Waals surface area contributed by atoms with Crippen molar-refractivity contribution in [3.05, 3.63) is 65.6 Å². The fourth-order valence-electron chi connectivity index (χ4n) is 2.15. The Morgan fingerprint density at radius 1 is 1.42 bits per heavy atom. The monoisotopic (exact) mass is 347 g/mol. The third kappa shape index (κ3) is 3.65. The van der Waals surface area contributed by atoms with E-state index >= 15 is 0 Å². The highest BCUT2D eigenvalue weighted by molar-refractivity contribution is 7.98. The van der Waals surface area contributed by atoms with E-state index in [2.05, 4.69) is 10.2 Å². The summed E-state index contributed by atoms with van der Waals surface area (Å²) in [5.74, 6) is 0.169. The van der Waals surface area contributed by atoms with Gasteiger partial charge in [-0.2, -0.15) is 0 Å². The van der Waals surface area contributed by atoms with E-state index in [4.69, 9.17) is 9.15 Å². The van der Waals surface area contributed by atoms with E-state index in [1.165, 1.54) is 31.0 Å². The predicted octanol–water partition coefficient (Wildman–Crippen LogP) is 3.14. The molecular weight excluding hydrogens is 333 g/mol. The summed E-state index contributed by atoms with van der Waals surface area (Å²) < 4.78 is 25.2. The first-order chi connectivity index (χ1) is 11.7. The lowest BCUT2D eigenvalue weighted by atomic mass is 10.1. The van der Waals surface area contributed by atoms with Crippen molar-refractivity contribution in [2.75, 3.05) is 7.11 Å². The second-order valence-electron chi connectivity index (χ2n) is 4.90. The number of rotatable bonds is 6. The molecule has 0 saturated heterocycles. The third-order valence-electron chi connectivity index (χ3n) is 3.32. The van der Waals surface area contributed by atoms with Crippen LogP contribution in [0.25, 0.3) is 0 Å². The second kappa shape index (κ2) is 7.31. The Hall–Kier alpha value is -2.61. The fraction of sp³-hybridized carbons (Fsp3) is 0.188. The first-order valence-corrected chi connectivity index (χ1v) is 8.05. The van der Waals surface area contributed by atoms with E-state index in [0.29, 0.717) is 23.0 Å². The molecule has 2 heterocycles. The van der Waals surface area contributed by atoms with Crippen molar-refractivity contribution in [2.45, 2.75) is 17.5 Å². The van der Waals surface area contributed by atoms with Crippen LogP contribution in [-0.2, 0) is 17.0 Å². The summed E-state index contributed by atoms with van der Waals surface area (Å²) in [6.45, 7) is 0.510. The van der Waals surface area contributed by atoms with Gasteiger partial charge in [0.1, 0.15) is 17.9 Å². The lowest BCUT2D eigenvalue weighted by Crippen LogP contribution is -2.06. The first-order valence-electron chi connectivity index (χ1n) is 7.07. The van der Waals surface area contributed by atoms with Gasteiger partial charge in [0, 0.05) is 5.75 Å². The fourth-order valence-corrected chi connectivity index (χ4v) is 3.07. The minimum Gasteiger partial charge on any atom is -0.467 e. The second-order valence-corrected chi connectivity index (χ2v) is 5.85. The average Bonchev–Trinajstić information content (AvgIpc) is 3.25. The molecule has 8 heteroatoms. The van der Waals surface area contributed by atoms with E-state index < -0.39 is 11.8 Å². The number of aromatic nitrogens is 3. The molecule has 0 bridgehead atoms. The molecule has 0 radical (unpaired) electrons. The molecule has 3 rings (SSSR count). The molecule has 1 aromatic carbocycles. The Balaban J connectivity index is 1.75. The van der Waals surface area contributed by atoms with Crippen LogP contribution in [0.2, 0.25) is 0 Å². The van der Waals surface area contributed by atoms with Crippen molar-refractivity contribution in [1.29, 1.82) is 0 Å². The van der Waals surface area contributed by atoms with Crippen LogP contribution in [0.4, 0.5) is 4.39 Å². The zero-order chi connectivity index (χ0) is 16.9. The van der Waals surface area contributed by atoms with Crippen LogP contribution in [0, 0.1) is 5.82 Å². The number of esters is 1. The van der Waals surface area contributed by atoms with Gasteiger partial charge in [-0.15, -0.1) is 10.2 Å². The van der Waals surface area contributed by atoms with E-state index in [1.54, 1.807) is 18.7 Å². The quantitative estimate of drug-likeness (QED) is 0.504. The predicted molar refractivity (Wildman–Crippen MR) is 85.1 cm³/mol. The van der Waals surface area contributed by atoms with Crippen LogP contribution in [0.3, 0.4) is 0 Å². The smallest absolute Gasteiger partial charge is 0.338 e. The Morgan fingerprint density at radius 2 is 2.29 bits per heavy atom. The molecule has 0 unspecified atom stereocenters. The van der Waals surface area contributed by atoms with Crippen LogP contribution >= 0.6 is 11.8 Å². The summed E-state index contributed by atoms with van der Waals surface area (Å²) in [4.78, 5) is 11.8. The molecular formula is C16H14FN3O3S. The average molecular weight is 347 g/mol. The maximum atomic E-state index is 13.4. The molecule has 0 N–H and O–H groups in total. The number of hydrogen-bond acceptors (Lipinski definition) is 6. The topological polar surface area (TPSA) is 70.2 Å². The largest absolute Gasteiger partial charge is 0.467 e. The SMILES string of the molecule is COC(=O)c1cc(F)ccc1CSc1nncn1Cc1ccco1. The number of halogens is 1. The Bertz CT molecular complexity index is 833. The third-order valence-corrected chi connectivity index (χ3v) is 4.35. The van der Waals surface area contributed by atoms with Crippen molar-refractivity contribution in [2.24, 2.45) is 0 Å². The van der Waals surface area contributed by atoms with E-state index in [-0.39, 0.29) is 5.56 Å². The van der Waals surface area contributed by atoms with Crippen LogP contribution in [0.5, 0.6) is 0 Å². The van der Waals surface area contributed by atoms with Crippen LogP contribution in [0.15, 0.2) is 52.5 Å². The molecule has 0 aliphatic heterocycles. The van der Waals surface area contributed by atoms with E-state index in [1.807, 2.05) is 16.7 Å². The minimum absolute atomic E-state index is 0.210. The van der Waals surface area contributed by atoms with Gasteiger partial charge in [-0.1, -0.05) is 17.8 Å². The number of hydrogen-bond donors (Lipinski definition) is 0. The maximum absolute atomic E-state index is 13.4. The van der Waals surface area contributed by atoms with Crippen molar-refractivity contribution < 1.29 is 18.3 Å². The molecule has 0 aliphatic rings. The van der Waals surface area contributed by atoms with Gasteiger partial charge in [-0.3, -0.25) is 0 Å². The van der Waals surface area contributed by atoms with Gasteiger partial charge in [0.15, 0.2) is 5.16 Å². The zero-order valence-corrected chi connectivity index (χ0v) is 13.6. The molecule has 124 valence electrons. The zero-order valence-electron chi connectivity index (χ0n) is 12.8. The van der Waals surface area contributed by atoms with Gasteiger partial charge in [0.2, 0.25) is 0 Å². The van der Waals surface area contributed by atoms with Crippen LogP contribution < -0.4 is 0 Å². The number of carbonyl (C=O) groups excluding carboxylic acids is 1. The Kier molecular flexibility index (Phi) is 4.95. The minimum atomic E-state index is -0.567.